The molecule has 15 N–H and O–H groups in total. The highest BCUT2D eigenvalue weighted by Crippen LogP contribution is 2.47. The van der Waals surface area contributed by atoms with Gasteiger partial charge in [0.1, 0.15) is 103 Å². The third-order valence-corrected chi connectivity index (χ3v) is 9.92. The number of carboxylic acids is 1. The van der Waals surface area contributed by atoms with Crippen LogP contribution >= 0.6 is 0 Å². The number of aromatic hydroxyl groups is 3. The van der Waals surface area contributed by atoms with Gasteiger partial charge in [-0.3, -0.25) is 9.59 Å². The summed E-state index contributed by atoms with van der Waals surface area (Å²) in [7, 11) is 0. The lowest BCUT2D eigenvalue weighted by Gasteiger charge is -2.40. The molecule has 3 fully saturated rings. The number of aliphatic carboxylic acids is 1. The van der Waals surface area contributed by atoms with E-state index in [1.165, 1.54) is 0 Å². The van der Waals surface area contributed by atoms with Gasteiger partial charge < -0.3 is 110 Å². The number of phenols is 3. The van der Waals surface area contributed by atoms with Gasteiger partial charge in [0.2, 0.25) is 30.4 Å². The first-order chi connectivity index (χ1) is 28.8. The van der Waals surface area contributed by atoms with Crippen LogP contribution in [0.2, 0.25) is 0 Å². The number of esters is 1. The molecule has 0 amide bonds. The fourth-order valence-corrected chi connectivity index (χ4v) is 6.57. The smallest absolute Gasteiger partial charge is 0.402 e. The first kappa shape index (κ1) is 45.6. The molecule has 336 valence electrons. The Morgan fingerprint density at radius 1 is 0.590 bits per heavy atom. The van der Waals surface area contributed by atoms with Crippen LogP contribution in [0.15, 0.2) is 34.7 Å². The zero-order valence-electron chi connectivity index (χ0n) is 31.2. The van der Waals surface area contributed by atoms with Gasteiger partial charge in [-0.25, -0.2) is 4.42 Å². The van der Waals surface area contributed by atoms with Crippen molar-refractivity contribution in [1.82, 2.24) is 0 Å². The Balaban J connectivity index is 1.46. The Kier molecular flexibility index (Phi) is 13.9. The van der Waals surface area contributed by atoms with Crippen LogP contribution in [0, 0.1) is 0 Å². The van der Waals surface area contributed by atoms with E-state index in [9.17, 15) is 81.1 Å². The highest BCUT2D eigenvalue weighted by atomic mass is 16.7. The lowest BCUT2D eigenvalue weighted by atomic mass is 9.99. The van der Waals surface area contributed by atoms with Gasteiger partial charge in [0.15, 0.2) is 11.5 Å². The number of benzene rings is 2. The molecule has 0 spiro atoms. The number of aliphatic hydroxyl groups excluding tert-OH is 11. The number of hydrogen-bond acceptors (Lipinski definition) is 23. The summed E-state index contributed by atoms with van der Waals surface area (Å²) >= 11 is 0. The molecular weight excluding hydrogens is 832 g/mol. The number of aliphatic hydroxyl groups is 11. The van der Waals surface area contributed by atoms with Crippen molar-refractivity contribution in [3.63, 3.8) is 0 Å². The molecule has 0 radical (unpaired) electrons. The number of hydrogen-bond donors (Lipinski definition) is 15. The summed E-state index contributed by atoms with van der Waals surface area (Å²) in [5, 5.41) is 156. The summed E-state index contributed by atoms with van der Waals surface area (Å²) in [6.07, 6.45) is -29.4. The van der Waals surface area contributed by atoms with E-state index in [1.54, 1.807) is 0 Å². The van der Waals surface area contributed by atoms with Crippen LogP contribution in [-0.4, -0.2) is 200 Å². The minimum absolute atomic E-state index is 0.170. The van der Waals surface area contributed by atoms with Crippen molar-refractivity contribution in [1.29, 1.82) is 0 Å². The van der Waals surface area contributed by atoms with Crippen LogP contribution < -0.4 is 14.2 Å². The van der Waals surface area contributed by atoms with Gasteiger partial charge in [-0.05, 0) is 0 Å². The van der Waals surface area contributed by atoms with Gasteiger partial charge in [0.25, 0.3) is 0 Å². The Bertz CT molecular complexity index is 1980. The van der Waals surface area contributed by atoms with Gasteiger partial charge in [-0.15, -0.1) is 0 Å². The molecule has 3 aromatic rings. The number of carboxylic acid groups (broad SMARTS) is 1. The Morgan fingerprint density at radius 2 is 1.05 bits per heavy atom. The van der Waals surface area contributed by atoms with Crippen molar-refractivity contribution in [2.45, 2.75) is 98.5 Å². The van der Waals surface area contributed by atoms with Crippen LogP contribution in [-0.2, 0) is 28.5 Å². The van der Waals surface area contributed by atoms with Gasteiger partial charge >= 0.3 is 23.3 Å². The molecule has 25 nitrogen and oxygen atoms in total. The molecule has 61 heavy (non-hydrogen) atoms. The second kappa shape index (κ2) is 18.6. The Labute approximate surface area is 341 Å². The molecule has 6 rings (SSSR count). The molecule has 1 aromatic heterocycles. The van der Waals surface area contributed by atoms with Crippen LogP contribution in [0.5, 0.6) is 34.5 Å². The van der Waals surface area contributed by atoms with Crippen LogP contribution in [0.1, 0.15) is 6.42 Å². The van der Waals surface area contributed by atoms with Gasteiger partial charge in [-0.2, -0.15) is 0 Å². The average Bonchev–Trinajstić information content (AvgIpc) is 3.21. The summed E-state index contributed by atoms with van der Waals surface area (Å²) in [5.74, 6) is -7.35. The lowest BCUT2D eigenvalue weighted by Crippen LogP contribution is -2.60. The van der Waals surface area contributed by atoms with Crippen molar-refractivity contribution in [3.05, 3.63) is 30.3 Å². The lowest BCUT2D eigenvalue weighted by molar-refractivity contribution is -0.279. The number of carbonyl (C=O) groups excluding carboxylic acids is 1. The fourth-order valence-electron chi connectivity index (χ4n) is 6.57. The maximum absolute atomic E-state index is 11.9. The monoisotopic (exact) mass is 875 g/mol. The van der Waals surface area contributed by atoms with E-state index in [1.807, 2.05) is 0 Å². The summed E-state index contributed by atoms with van der Waals surface area (Å²) in [4.78, 5) is 22.8. The fraction of sp³-hybridized carbons (Fsp3) is 0.528. The molecule has 3 aliphatic heterocycles. The highest BCUT2D eigenvalue weighted by molar-refractivity contribution is 5.90. The molecular formula is C36H43O25+. The van der Waals surface area contributed by atoms with E-state index in [4.69, 9.17) is 42.7 Å². The predicted molar refractivity (Wildman–Crippen MR) is 190 cm³/mol. The second-order valence-corrected chi connectivity index (χ2v) is 14.2. The van der Waals surface area contributed by atoms with Crippen LogP contribution in [0.3, 0.4) is 0 Å². The van der Waals surface area contributed by atoms with Crippen molar-refractivity contribution in [2.24, 2.45) is 0 Å². The maximum Gasteiger partial charge on any atom is 0.402 e. The van der Waals surface area contributed by atoms with Crippen LogP contribution in [0.4, 0.5) is 0 Å². The van der Waals surface area contributed by atoms with E-state index < -0.39 is 171 Å². The topological polar surface area (TPSA) is 414 Å². The average molecular weight is 876 g/mol. The standard InChI is InChI=1S/C36H42O25/c37-7-18-24(45)27(48)30(51)34(59-18)56-15-1-10(2-16(23(15)44)57-35-31(52)28(49)25(46)19(8-38)60-35)33-17(5-12-13(40)3-11(39)4-14(12)55-33)58-36-32(53)29(50)26(47)20(61-36)9-54-22(43)6-21(41)42/h1-5,18-20,24-32,34-38,45-53H,6-9H2,(H3-,39,40,41,42,44)/p+1/t18-,19+,20-,24+,25+,26+,27-,28-,29-,30+,31-,32+,34+,35+,36+/m0/s1. The second-order valence-electron chi connectivity index (χ2n) is 14.2. The molecule has 0 aliphatic carbocycles. The number of rotatable bonds is 13. The first-order valence-electron chi connectivity index (χ1n) is 18.2. The van der Waals surface area contributed by atoms with Crippen LogP contribution in [0.25, 0.3) is 22.3 Å². The van der Waals surface area contributed by atoms with Gasteiger partial charge in [-0.1, -0.05) is 0 Å². The van der Waals surface area contributed by atoms with Crippen molar-refractivity contribution in [2.75, 3.05) is 19.8 Å². The summed E-state index contributed by atoms with van der Waals surface area (Å²) in [6, 6.07) is 4.93. The SMILES string of the molecule is O=C(O)CC(=O)OC[C@@H]1O[C@@H](Oc2cc3c(O)cc(O)cc3[o+]c2-c2cc(O[C@@H]3O[C@H](CO)[C@@H](O)[C@H](O)[C@@H]3O)c(O)c(O[C@@H]3O[C@@H](CO)[C@@H](O)[C@H](O)[C@H]3O)c2)[C@H](O)[C@@H](O)[C@@H]1O. The molecule has 0 saturated carbocycles. The molecule has 2 aromatic carbocycles. The summed E-state index contributed by atoms with van der Waals surface area (Å²) in [6.45, 7) is -2.61. The Hall–Kier alpha value is -4.97. The number of phenolic OH excluding ortho intramolecular Hbond substituents is 3. The maximum atomic E-state index is 11.9. The number of ether oxygens (including phenoxy) is 7. The summed E-state index contributed by atoms with van der Waals surface area (Å²) < 4.78 is 44.6. The zero-order valence-corrected chi connectivity index (χ0v) is 31.2. The number of carbonyl (C=O) groups is 2. The van der Waals surface area contributed by atoms with E-state index >= 15 is 0 Å². The molecule has 3 saturated heterocycles. The molecule has 3 aliphatic rings. The minimum Gasteiger partial charge on any atom is -0.507 e. The molecule has 0 unspecified atom stereocenters. The van der Waals surface area contributed by atoms with Crippen molar-refractivity contribution >= 4 is 22.9 Å². The molecule has 4 heterocycles. The highest BCUT2D eigenvalue weighted by Gasteiger charge is 2.49. The van der Waals surface area contributed by atoms with E-state index in [0.717, 1.165) is 30.3 Å². The molecule has 0 bridgehead atoms. The third-order valence-electron chi connectivity index (χ3n) is 9.92. The normalized spacial score (nSPS) is 34.1. The van der Waals surface area contributed by atoms with Gasteiger partial charge in [0.05, 0.1) is 24.8 Å². The van der Waals surface area contributed by atoms with Gasteiger partial charge in [0, 0.05) is 24.3 Å². The zero-order chi connectivity index (χ0) is 44.6. The third kappa shape index (κ3) is 9.44. The Morgan fingerprint density at radius 3 is 1.52 bits per heavy atom. The van der Waals surface area contributed by atoms with Crippen molar-refractivity contribution < 1.29 is 124 Å². The molecule has 25 heteroatoms. The predicted octanol–water partition coefficient (Wildman–Crippen LogP) is -4.94. The van der Waals surface area contributed by atoms with E-state index in [0.29, 0.717) is 0 Å². The van der Waals surface area contributed by atoms with E-state index in [-0.39, 0.29) is 16.5 Å². The largest absolute Gasteiger partial charge is 0.507 e. The number of fused-ring (bicyclic) bond motifs is 1. The quantitative estimate of drug-likeness (QED) is 0.0434. The first-order valence-corrected chi connectivity index (χ1v) is 18.2. The van der Waals surface area contributed by atoms with Crippen molar-refractivity contribution in [3.8, 4) is 45.8 Å². The minimum atomic E-state index is -2.09. The molecule has 15 atom stereocenters. The van der Waals surface area contributed by atoms with E-state index in [2.05, 4.69) is 0 Å². The summed E-state index contributed by atoms with van der Waals surface area (Å²) in [5.41, 5.74) is -0.591.